The van der Waals surface area contributed by atoms with Gasteiger partial charge in [0.25, 0.3) is 0 Å². The normalized spacial score (nSPS) is 28.4. The molecule has 0 spiro atoms. The Kier molecular flexibility index (Phi) is 7.74. The molecule has 2 bridgehead atoms. The van der Waals surface area contributed by atoms with Gasteiger partial charge < -0.3 is 15.4 Å². The van der Waals surface area contributed by atoms with Crippen LogP contribution >= 0.6 is 24.0 Å². The fraction of sp³-hybridized carbons (Fsp3) is 0.938. The van der Waals surface area contributed by atoms with Gasteiger partial charge in [0.2, 0.25) is 0 Å². The van der Waals surface area contributed by atoms with Crippen molar-refractivity contribution < 1.29 is 4.74 Å². The largest absolute Gasteiger partial charge is 0.373 e. The van der Waals surface area contributed by atoms with E-state index in [0.29, 0.717) is 23.7 Å². The average Bonchev–Trinajstić information content (AvgIpc) is 2.95. The van der Waals surface area contributed by atoms with Gasteiger partial charge in [0, 0.05) is 13.1 Å². The molecule has 3 atom stereocenters. The summed E-state index contributed by atoms with van der Waals surface area (Å²) in [5.74, 6) is 0.961. The molecular weight excluding hydrogens is 377 g/mol. The lowest BCUT2D eigenvalue weighted by Gasteiger charge is -2.23. The zero-order valence-corrected chi connectivity index (χ0v) is 16.3. The minimum Gasteiger partial charge on any atom is -0.373 e. The van der Waals surface area contributed by atoms with Crippen molar-refractivity contribution in [1.82, 2.24) is 10.6 Å². The Morgan fingerprint density at radius 1 is 1.29 bits per heavy atom. The highest BCUT2D eigenvalue weighted by Crippen LogP contribution is 2.34. The van der Waals surface area contributed by atoms with Crippen LogP contribution in [0.15, 0.2) is 4.99 Å². The van der Waals surface area contributed by atoms with Crippen LogP contribution in [0.3, 0.4) is 0 Å². The zero-order valence-electron chi connectivity index (χ0n) is 13.9. The summed E-state index contributed by atoms with van der Waals surface area (Å²) in [7, 11) is 0. The lowest BCUT2D eigenvalue weighted by Crippen LogP contribution is -2.47. The third-order valence-electron chi connectivity index (χ3n) is 4.13. The molecule has 0 aromatic rings. The summed E-state index contributed by atoms with van der Waals surface area (Å²) in [6, 6.07) is 0.453. The first-order valence-electron chi connectivity index (χ1n) is 8.18. The molecule has 21 heavy (non-hydrogen) atoms. The molecule has 5 heteroatoms. The van der Waals surface area contributed by atoms with E-state index in [0.717, 1.165) is 31.9 Å². The number of halogens is 1. The minimum absolute atomic E-state index is 0. The smallest absolute Gasteiger partial charge is 0.191 e. The van der Waals surface area contributed by atoms with Gasteiger partial charge in [-0.2, -0.15) is 0 Å². The summed E-state index contributed by atoms with van der Waals surface area (Å²) in [6.45, 7) is 10.8. The second kappa shape index (κ2) is 8.56. The number of rotatable bonds is 5. The van der Waals surface area contributed by atoms with Crippen molar-refractivity contribution in [3.8, 4) is 0 Å². The number of guanidine groups is 1. The van der Waals surface area contributed by atoms with Crippen LogP contribution < -0.4 is 10.6 Å². The minimum atomic E-state index is 0. The van der Waals surface area contributed by atoms with Gasteiger partial charge in [-0.15, -0.1) is 24.0 Å². The van der Waals surface area contributed by atoms with Gasteiger partial charge in [-0.25, -0.2) is 0 Å². The third-order valence-corrected chi connectivity index (χ3v) is 4.13. The predicted octanol–water partition coefficient (Wildman–Crippen LogP) is 3.31. The molecule has 2 N–H and O–H groups in total. The van der Waals surface area contributed by atoms with Crippen molar-refractivity contribution in [2.75, 3.05) is 13.1 Å². The Morgan fingerprint density at radius 2 is 2.05 bits per heavy atom. The van der Waals surface area contributed by atoms with Crippen molar-refractivity contribution in [1.29, 1.82) is 0 Å². The lowest BCUT2D eigenvalue weighted by atomic mass is 9.91. The molecule has 3 unspecified atom stereocenters. The molecule has 2 fully saturated rings. The lowest BCUT2D eigenvalue weighted by molar-refractivity contribution is 0.0992. The number of ether oxygens (including phenoxy) is 1. The van der Waals surface area contributed by atoms with Crippen molar-refractivity contribution >= 4 is 29.9 Å². The molecule has 2 aliphatic rings. The second-order valence-corrected chi connectivity index (χ2v) is 7.29. The van der Waals surface area contributed by atoms with Crippen LogP contribution in [0.2, 0.25) is 0 Å². The van der Waals surface area contributed by atoms with Gasteiger partial charge in [0.1, 0.15) is 0 Å². The van der Waals surface area contributed by atoms with Crippen molar-refractivity contribution in [3.05, 3.63) is 0 Å². The first-order valence-corrected chi connectivity index (χ1v) is 8.18. The second-order valence-electron chi connectivity index (χ2n) is 7.29. The number of nitrogens with one attached hydrogen (secondary N) is 2. The number of hydrogen-bond acceptors (Lipinski definition) is 2. The first-order chi connectivity index (χ1) is 9.48. The van der Waals surface area contributed by atoms with Gasteiger partial charge in [-0.05, 0) is 44.4 Å². The summed E-state index contributed by atoms with van der Waals surface area (Å²) in [5.41, 5.74) is 0.403. The van der Waals surface area contributed by atoms with Crippen LogP contribution in [0.1, 0.15) is 59.8 Å². The SMILES string of the molecule is CCNC(=NCCCC(C)(C)C)NC1CC2CCC1O2.I. The fourth-order valence-electron chi connectivity index (χ4n) is 3.09. The summed E-state index contributed by atoms with van der Waals surface area (Å²) in [6.07, 6.45) is 6.82. The Hall–Kier alpha value is -0.0400. The third kappa shape index (κ3) is 6.30. The Labute approximate surface area is 146 Å². The Morgan fingerprint density at radius 3 is 2.57 bits per heavy atom. The van der Waals surface area contributed by atoms with Gasteiger partial charge in [0.05, 0.1) is 18.2 Å². The van der Waals surface area contributed by atoms with E-state index in [1.807, 2.05) is 0 Å². The standard InChI is InChI=1S/C16H31N3O.HI/c1-5-17-15(18-10-6-9-16(2,3)4)19-13-11-12-7-8-14(13)20-12;/h12-14H,5-11H2,1-4H3,(H2,17,18,19);1H. The number of aliphatic imine (C=N–C) groups is 1. The van der Waals surface area contributed by atoms with E-state index in [9.17, 15) is 0 Å². The topological polar surface area (TPSA) is 45.7 Å². The summed E-state index contributed by atoms with van der Waals surface area (Å²) >= 11 is 0. The monoisotopic (exact) mass is 409 g/mol. The molecule has 2 rings (SSSR count). The molecular formula is C16H32IN3O. The highest BCUT2D eigenvalue weighted by molar-refractivity contribution is 14.0. The number of hydrogen-bond donors (Lipinski definition) is 2. The average molecular weight is 409 g/mol. The van der Waals surface area contributed by atoms with Crippen LogP contribution in [-0.2, 0) is 4.74 Å². The molecule has 0 aromatic heterocycles. The van der Waals surface area contributed by atoms with E-state index in [-0.39, 0.29) is 24.0 Å². The molecule has 0 aromatic carbocycles. The Balaban J connectivity index is 0.00000220. The van der Waals surface area contributed by atoms with Crippen molar-refractivity contribution in [2.45, 2.75) is 78.0 Å². The zero-order chi connectivity index (χ0) is 14.6. The van der Waals surface area contributed by atoms with Crippen LogP contribution in [0.4, 0.5) is 0 Å². The maximum Gasteiger partial charge on any atom is 0.191 e. The van der Waals surface area contributed by atoms with Gasteiger partial charge in [-0.1, -0.05) is 20.8 Å². The summed E-state index contributed by atoms with van der Waals surface area (Å²) in [5, 5.41) is 6.91. The quantitative estimate of drug-likeness (QED) is 0.317. The number of fused-ring (bicyclic) bond motifs is 2. The molecule has 2 aliphatic heterocycles. The summed E-state index contributed by atoms with van der Waals surface area (Å²) < 4.78 is 5.89. The summed E-state index contributed by atoms with van der Waals surface area (Å²) in [4.78, 5) is 4.70. The van der Waals surface area contributed by atoms with E-state index < -0.39 is 0 Å². The van der Waals surface area contributed by atoms with E-state index >= 15 is 0 Å². The van der Waals surface area contributed by atoms with Gasteiger partial charge in [0.15, 0.2) is 5.96 Å². The highest BCUT2D eigenvalue weighted by Gasteiger charge is 2.41. The van der Waals surface area contributed by atoms with Gasteiger partial charge in [-0.3, -0.25) is 4.99 Å². The van der Waals surface area contributed by atoms with Gasteiger partial charge >= 0.3 is 0 Å². The van der Waals surface area contributed by atoms with Crippen LogP contribution in [0.5, 0.6) is 0 Å². The molecule has 4 nitrogen and oxygen atoms in total. The van der Waals surface area contributed by atoms with E-state index in [4.69, 9.17) is 9.73 Å². The maximum absolute atomic E-state index is 5.89. The molecule has 0 aliphatic carbocycles. The van der Waals surface area contributed by atoms with Crippen LogP contribution in [0.25, 0.3) is 0 Å². The van der Waals surface area contributed by atoms with E-state index in [1.54, 1.807) is 0 Å². The molecule has 0 saturated carbocycles. The van der Waals surface area contributed by atoms with Crippen molar-refractivity contribution in [2.24, 2.45) is 10.4 Å². The molecule has 124 valence electrons. The molecule has 2 saturated heterocycles. The van der Waals surface area contributed by atoms with Crippen molar-refractivity contribution in [3.63, 3.8) is 0 Å². The maximum atomic E-state index is 5.89. The van der Waals surface area contributed by atoms with Crippen LogP contribution in [-0.4, -0.2) is 37.3 Å². The van der Waals surface area contributed by atoms with E-state index in [1.165, 1.54) is 19.3 Å². The van der Waals surface area contributed by atoms with Crippen LogP contribution in [0, 0.1) is 5.41 Å². The fourth-order valence-corrected chi connectivity index (χ4v) is 3.09. The Bertz CT molecular complexity index is 341. The highest BCUT2D eigenvalue weighted by atomic mass is 127. The number of nitrogens with zero attached hydrogens (tertiary/aromatic N) is 1. The molecule has 2 heterocycles. The molecule has 0 amide bonds. The van der Waals surface area contributed by atoms with E-state index in [2.05, 4.69) is 38.3 Å². The molecule has 0 radical (unpaired) electrons. The predicted molar refractivity (Wildman–Crippen MR) is 99.5 cm³/mol. The first kappa shape index (κ1) is 19.0.